The van der Waals surface area contributed by atoms with Gasteiger partial charge in [-0.1, -0.05) is 30.3 Å². The van der Waals surface area contributed by atoms with Crippen LogP contribution in [0.1, 0.15) is 24.0 Å². The summed E-state index contributed by atoms with van der Waals surface area (Å²) in [5.74, 6) is 0.286. The van der Waals surface area contributed by atoms with E-state index in [1.807, 2.05) is 36.4 Å². The summed E-state index contributed by atoms with van der Waals surface area (Å²) in [6.07, 6.45) is 3.06. The van der Waals surface area contributed by atoms with Gasteiger partial charge in [-0.05, 0) is 18.4 Å². The van der Waals surface area contributed by atoms with E-state index >= 15 is 0 Å². The number of amides is 1. The highest BCUT2D eigenvalue weighted by Crippen LogP contribution is 2.48. The van der Waals surface area contributed by atoms with Crippen LogP contribution in [0.5, 0.6) is 0 Å². The molecule has 3 rings (SSSR count). The van der Waals surface area contributed by atoms with Gasteiger partial charge in [0.25, 0.3) is 0 Å². The molecule has 0 radical (unpaired) electrons. The van der Waals surface area contributed by atoms with Crippen molar-refractivity contribution in [2.75, 3.05) is 5.32 Å². The van der Waals surface area contributed by atoms with Gasteiger partial charge in [-0.3, -0.25) is 9.89 Å². The first kappa shape index (κ1) is 11.5. The van der Waals surface area contributed by atoms with E-state index in [-0.39, 0.29) is 5.91 Å². The summed E-state index contributed by atoms with van der Waals surface area (Å²) >= 11 is 0. The third kappa shape index (κ3) is 1.87. The minimum Gasteiger partial charge on any atom is -0.309 e. The molecule has 1 fully saturated rings. The van der Waals surface area contributed by atoms with Crippen molar-refractivity contribution in [3.63, 3.8) is 0 Å². The fourth-order valence-corrected chi connectivity index (χ4v) is 2.23. The Morgan fingerprint density at radius 3 is 2.74 bits per heavy atom. The van der Waals surface area contributed by atoms with Crippen molar-refractivity contribution in [1.29, 1.82) is 5.26 Å². The summed E-state index contributed by atoms with van der Waals surface area (Å²) in [5.41, 5.74) is 0.918. The summed E-state index contributed by atoms with van der Waals surface area (Å²) in [6.45, 7) is 0. The van der Waals surface area contributed by atoms with Gasteiger partial charge in [0.2, 0.25) is 5.91 Å². The SMILES string of the molecule is N#Cc1cn[nH]c1NC(=O)C1(c2ccccc2)CC1. The molecule has 1 aromatic heterocycles. The molecule has 0 bridgehead atoms. The van der Waals surface area contributed by atoms with Gasteiger partial charge >= 0.3 is 0 Å². The number of H-pyrrole nitrogens is 1. The molecule has 1 aliphatic rings. The van der Waals surface area contributed by atoms with Crippen LogP contribution >= 0.6 is 0 Å². The quantitative estimate of drug-likeness (QED) is 0.876. The van der Waals surface area contributed by atoms with E-state index in [0.29, 0.717) is 11.4 Å². The Balaban J connectivity index is 1.84. The van der Waals surface area contributed by atoms with Crippen LogP contribution in [0.15, 0.2) is 36.5 Å². The Hall–Kier alpha value is -2.61. The fraction of sp³-hybridized carbons (Fsp3) is 0.214. The second-order valence-corrected chi connectivity index (χ2v) is 4.67. The molecule has 19 heavy (non-hydrogen) atoms. The van der Waals surface area contributed by atoms with Crippen molar-refractivity contribution >= 4 is 11.7 Å². The Labute approximate surface area is 110 Å². The van der Waals surface area contributed by atoms with Crippen molar-refractivity contribution in [3.05, 3.63) is 47.7 Å². The molecule has 1 aromatic carbocycles. The van der Waals surface area contributed by atoms with Gasteiger partial charge in [0, 0.05) is 0 Å². The molecule has 0 spiro atoms. The van der Waals surface area contributed by atoms with Crippen LogP contribution in [0.3, 0.4) is 0 Å². The first-order valence-corrected chi connectivity index (χ1v) is 6.07. The molecule has 2 N–H and O–H groups in total. The number of carbonyl (C=O) groups excluding carboxylic acids is 1. The van der Waals surface area contributed by atoms with Crippen molar-refractivity contribution in [2.45, 2.75) is 18.3 Å². The van der Waals surface area contributed by atoms with E-state index in [1.165, 1.54) is 6.20 Å². The molecule has 1 heterocycles. The number of nitrogens with one attached hydrogen (secondary N) is 2. The maximum absolute atomic E-state index is 12.4. The lowest BCUT2D eigenvalue weighted by molar-refractivity contribution is -0.118. The molecule has 1 aliphatic carbocycles. The number of nitriles is 1. The number of anilines is 1. The summed E-state index contributed by atoms with van der Waals surface area (Å²) in [6, 6.07) is 11.7. The predicted molar refractivity (Wildman–Crippen MR) is 69.3 cm³/mol. The van der Waals surface area contributed by atoms with Crippen molar-refractivity contribution in [3.8, 4) is 6.07 Å². The molecule has 1 amide bonds. The van der Waals surface area contributed by atoms with Gasteiger partial charge in [0.05, 0.1) is 11.6 Å². The summed E-state index contributed by atoms with van der Waals surface area (Å²) in [4.78, 5) is 12.4. The van der Waals surface area contributed by atoms with E-state index in [2.05, 4.69) is 15.5 Å². The van der Waals surface area contributed by atoms with Gasteiger partial charge in [0.1, 0.15) is 17.5 Å². The molecule has 94 valence electrons. The molecule has 0 atom stereocenters. The number of rotatable bonds is 3. The number of aromatic amines is 1. The number of aromatic nitrogens is 2. The average molecular weight is 252 g/mol. The third-order valence-corrected chi connectivity index (χ3v) is 3.51. The fourth-order valence-electron chi connectivity index (χ4n) is 2.23. The van der Waals surface area contributed by atoms with Crippen LogP contribution in [-0.4, -0.2) is 16.1 Å². The van der Waals surface area contributed by atoms with Gasteiger partial charge in [-0.15, -0.1) is 0 Å². The minimum atomic E-state index is -0.445. The summed E-state index contributed by atoms with van der Waals surface area (Å²) in [7, 11) is 0. The van der Waals surface area contributed by atoms with Crippen molar-refractivity contribution in [2.24, 2.45) is 0 Å². The predicted octanol–water partition coefficient (Wildman–Crippen LogP) is 1.95. The zero-order valence-electron chi connectivity index (χ0n) is 10.2. The Morgan fingerprint density at radius 2 is 2.11 bits per heavy atom. The van der Waals surface area contributed by atoms with E-state index in [1.54, 1.807) is 0 Å². The number of carbonyl (C=O) groups is 1. The second kappa shape index (κ2) is 4.25. The average Bonchev–Trinajstić information content (AvgIpc) is 3.15. The van der Waals surface area contributed by atoms with E-state index < -0.39 is 5.41 Å². The number of benzene rings is 1. The minimum absolute atomic E-state index is 0.0838. The Kier molecular flexibility index (Phi) is 2.57. The third-order valence-electron chi connectivity index (χ3n) is 3.51. The molecule has 5 heteroatoms. The standard InChI is InChI=1S/C14H12N4O/c15-8-10-9-16-18-12(10)17-13(19)14(6-7-14)11-4-2-1-3-5-11/h1-5,9H,6-7H2,(H2,16,17,18,19). The highest BCUT2D eigenvalue weighted by Gasteiger charge is 2.51. The monoisotopic (exact) mass is 252 g/mol. The molecule has 0 aliphatic heterocycles. The van der Waals surface area contributed by atoms with Crippen LogP contribution in [0.4, 0.5) is 5.82 Å². The van der Waals surface area contributed by atoms with E-state index in [4.69, 9.17) is 5.26 Å². The van der Waals surface area contributed by atoms with Gasteiger partial charge in [-0.2, -0.15) is 10.4 Å². The molecule has 5 nitrogen and oxygen atoms in total. The first-order valence-electron chi connectivity index (χ1n) is 6.07. The maximum Gasteiger partial charge on any atom is 0.236 e. The van der Waals surface area contributed by atoms with Crippen LogP contribution in [-0.2, 0) is 10.2 Å². The van der Waals surface area contributed by atoms with Crippen molar-refractivity contribution < 1.29 is 4.79 Å². The van der Waals surface area contributed by atoms with E-state index in [9.17, 15) is 4.79 Å². The van der Waals surface area contributed by atoms with Gasteiger partial charge in [-0.25, -0.2) is 0 Å². The summed E-state index contributed by atoms with van der Waals surface area (Å²) in [5, 5.41) is 18.1. The molecular formula is C14H12N4O. The van der Waals surface area contributed by atoms with Gasteiger partial charge in [0.15, 0.2) is 0 Å². The smallest absolute Gasteiger partial charge is 0.236 e. The topological polar surface area (TPSA) is 81.6 Å². The lowest BCUT2D eigenvalue weighted by atomic mass is 9.95. The first-order chi connectivity index (χ1) is 9.26. The highest BCUT2D eigenvalue weighted by atomic mass is 16.2. The molecule has 1 saturated carbocycles. The Bertz CT molecular complexity index is 650. The molecular weight excluding hydrogens is 240 g/mol. The highest BCUT2D eigenvalue weighted by molar-refractivity contribution is 6.01. The van der Waals surface area contributed by atoms with E-state index in [0.717, 1.165) is 18.4 Å². The normalized spacial score (nSPS) is 15.5. The zero-order chi connectivity index (χ0) is 13.3. The maximum atomic E-state index is 12.4. The van der Waals surface area contributed by atoms with Gasteiger partial charge < -0.3 is 5.32 Å². The molecule has 2 aromatic rings. The second-order valence-electron chi connectivity index (χ2n) is 4.67. The molecule has 0 saturated heterocycles. The van der Waals surface area contributed by atoms with Crippen LogP contribution < -0.4 is 5.32 Å². The number of nitrogens with zero attached hydrogens (tertiary/aromatic N) is 2. The summed E-state index contributed by atoms with van der Waals surface area (Å²) < 4.78 is 0. The van der Waals surface area contributed by atoms with Crippen molar-refractivity contribution in [1.82, 2.24) is 10.2 Å². The number of hydrogen-bond acceptors (Lipinski definition) is 3. The van der Waals surface area contributed by atoms with Crippen LogP contribution in [0.2, 0.25) is 0 Å². The zero-order valence-corrected chi connectivity index (χ0v) is 10.2. The molecule has 0 unspecified atom stereocenters. The van der Waals surface area contributed by atoms with Crippen LogP contribution in [0, 0.1) is 11.3 Å². The Morgan fingerprint density at radius 1 is 1.37 bits per heavy atom. The lowest BCUT2D eigenvalue weighted by Gasteiger charge is -2.14. The lowest BCUT2D eigenvalue weighted by Crippen LogP contribution is -2.28. The largest absolute Gasteiger partial charge is 0.309 e. The van der Waals surface area contributed by atoms with Crippen LogP contribution in [0.25, 0.3) is 0 Å². The number of hydrogen-bond donors (Lipinski definition) is 2.